The van der Waals surface area contributed by atoms with Gasteiger partial charge in [0.1, 0.15) is 0 Å². The van der Waals surface area contributed by atoms with E-state index in [-0.39, 0.29) is 17.7 Å². The highest BCUT2D eigenvalue weighted by Crippen LogP contribution is 2.22. The van der Waals surface area contributed by atoms with Gasteiger partial charge < -0.3 is 15.3 Å². The number of likely N-dealkylation sites (tertiary alicyclic amines) is 1. The molecule has 1 aromatic carbocycles. The van der Waals surface area contributed by atoms with E-state index < -0.39 is 12.1 Å². The maximum Gasteiger partial charge on any atom is 0.490 e. The molecule has 2 aromatic heterocycles. The Morgan fingerprint density at radius 1 is 1.19 bits per heavy atom. The molecule has 9 nitrogen and oxygen atoms in total. The second-order valence-corrected chi connectivity index (χ2v) is 6.94. The van der Waals surface area contributed by atoms with E-state index >= 15 is 0 Å². The standard InChI is InChI=1S/C18H17N5O2.C2HF3O2/c24-17(21-15-3-4-16-14(8-15)10-20-22-16)13-5-7-23(11-13)18(25)12-2-1-6-19-9-12;3-2(4,5)1(6)7/h1-4,6,8-10,13H,5,7,11H2,(H,20,22)(H,21,24);(H,6,7). The van der Waals surface area contributed by atoms with Gasteiger partial charge in [0, 0.05) is 36.6 Å². The number of pyridine rings is 1. The van der Waals surface area contributed by atoms with Gasteiger partial charge in [0.2, 0.25) is 5.91 Å². The summed E-state index contributed by atoms with van der Waals surface area (Å²) in [4.78, 5) is 39.5. The molecule has 3 heterocycles. The molecule has 3 N–H and O–H groups in total. The second kappa shape index (κ2) is 9.45. The average Bonchev–Trinajstić information content (AvgIpc) is 3.43. The van der Waals surface area contributed by atoms with Crippen molar-refractivity contribution in [3.8, 4) is 0 Å². The normalized spacial score (nSPS) is 15.7. The van der Waals surface area contributed by atoms with Gasteiger partial charge in [-0.05, 0) is 36.8 Å². The van der Waals surface area contributed by atoms with E-state index in [4.69, 9.17) is 9.90 Å². The lowest BCUT2D eigenvalue weighted by Crippen LogP contribution is -2.31. The van der Waals surface area contributed by atoms with Crippen LogP contribution in [0.1, 0.15) is 16.8 Å². The number of alkyl halides is 3. The zero-order valence-electron chi connectivity index (χ0n) is 16.5. The number of hydrogen-bond acceptors (Lipinski definition) is 5. The Bertz CT molecular complexity index is 1120. The summed E-state index contributed by atoms with van der Waals surface area (Å²) >= 11 is 0. The Morgan fingerprint density at radius 2 is 1.94 bits per heavy atom. The van der Waals surface area contributed by atoms with E-state index in [1.54, 1.807) is 35.6 Å². The van der Waals surface area contributed by atoms with Crippen LogP contribution in [0.15, 0.2) is 48.9 Å². The summed E-state index contributed by atoms with van der Waals surface area (Å²) in [6, 6.07) is 9.07. The fraction of sp³-hybridized carbons (Fsp3) is 0.250. The molecule has 1 unspecified atom stereocenters. The zero-order chi connectivity index (χ0) is 23.3. The van der Waals surface area contributed by atoms with Crippen LogP contribution in [0.25, 0.3) is 10.9 Å². The number of carboxylic acids is 1. The number of hydrogen-bond donors (Lipinski definition) is 3. The average molecular weight is 449 g/mol. The largest absolute Gasteiger partial charge is 0.490 e. The molecule has 1 aliphatic rings. The van der Waals surface area contributed by atoms with Gasteiger partial charge in [0.15, 0.2) is 0 Å². The number of anilines is 1. The SMILES string of the molecule is O=C(Nc1ccc2[nH]ncc2c1)C1CCN(C(=O)c2cccnc2)C1.O=C(O)C(F)(F)F. The number of aliphatic carboxylic acids is 1. The highest BCUT2D eigenvalue weighted by atomic mass is 19.4. The predicted molar refractivity (Wildman–Crippen MR) is 107 cm³/mol. The summed E-state index contributed by atoms with van der Waals surface area (Å²) in [5.41, 5.74) is 2.21. The Balaban J connectivity index is 0.000000360. The number of aromatic nitrogens is 3. The van der Waals surface area contributed by atoms with Crippen molar-refractivity contribution >= 4 is 34.4 Å². The van der Waals surface area contributed by atoms with E-state index in [2.05, 4.69) is 20.5 Å². The predicted octanol–water partition coefficient (Wildman–Crippen LogP) is 2.69. The van der Waals surface area contributed by atoms with Crippen molar-refractivity contribution < 1.29 is 32.7 Å². The van der Waals surface area contributed by atoms with E-state index in [0.29, 0.717) is 25.1 Å². The van der Waals surface area contributed by atoms with E-state index in [1.165, 1.54) is 0 Å². The number of amides is 2. The Hall–Kier alpha value is -3.96. The van der Waals surface area contributed by atoms with Crippen LogP contribution < -0.4 is 5.32 Å². The number of halogens is 3. The Kier molecular flexibility index (Phi) is 6.71. The zero-order valence-corrected chi connectivity index (χ0v) is 16.5. The fourth-order valence-corrected chi connectivity index (χ4v) is 3.10. The van der Waals surface area contributed by atoms with Gasteiger partial charge in [-0.3, -0.25) is 19.7 Å². The van der Waals surface area contributed by atoms with E-state index in [1.807, 2.05) is 18.2 Å². The minimum Gasteiger partial charge on any atom is -0.475 e. The first-order chi connectivity index (χ1) is 15.1. The Morgan fingerprint density at radius 3 is 2.59 bits per heavy atom. The molecule has 1 aliphatic heterocycles. The molecule has 0 spiro atoms. The fourth-order valence-electron chi connectivity index (χ4n) is 3.10. The molecule has 0 aliphatic carbocycles. The van der Waals surface area contributed by atoms with Crippen LogP contribution >= 0.6 is 0 Å². The lowest BCUT2D eigenvalue weighted by molar-refractivity contribution is -0.192. The minimum atomic E-state index is -5.08. The molecular weight excluding hydrogens is 431 g/mol. The maximum atomic E-state index is 12.5. The third-order valence-electron chi connectivity index (χ3n) is 4.70. The van der Waals surface area contributed by atoms with Gasteiger partial charge in [-0.2, -0.15) is 18.3 Å². The molecule has 2 amide bonds. The summed E-state index contributed by atoms with van der Waals surface area (Å²) in [5.74, 6) is -3.11. The van der Waals surface area contributed by atoms with Crippen molar-refractivity contribution in [1.29, 1.82) is 0 Å². The van der Waals surface area contributed by atoms with E-state index in [9.17, 15) is 22.8 Å². The van der Waals surface area contributed by atoms with Crippen LogP contribution in [0.5, 0.6) is 0 Å². The van der Waals surface area contributed by atoms with Crippen LogP contribution in [0.2, 0.25) is 0 Å². The number of nitrogens with zero attached hydrogens (tertiary/aromatic N) is 3. The number of aromatic amines is 1. The van der Waals surface area contributed by atoms with Crippen molar-refractivity contribution in [3.05, 3.63) is 54.5 Å². The first kappa shape index (κ1) is 22.7. The third kappa shape index (κ3) is 5.59. The number of benzene rings is 1. The molecule has 1 saturated heterocycles. The number of carbonyl (C=O) groups is 3. The van der Waals surface area contributed by atoms with Gasteiger partial charge in [0.25, 0.3) is 5.91 Å². The molecule has 12 heteroatoms. The monoisotopic (exact) mass is 449 g/mol. The summed E-state index contributed by atoms with van der Waals surface area (Å²) in [7, 11) is 0. The van der Waals surface area contributed by atoms with Gasteiger partial charge in [-0.15, -0.1) is 0 Å². The first-order valence-electron chi connectivity index (χ1n) is 9.38. The summed E-state index contributed by atoms with van der Waals surface area (Å²) in [5, 5.41) is 17.8. The molecule has 0 bridgehead atoms. The van der Waals surface area contributed by atoms with Gasteiger partial charge in [-0.1, -0.05) is 0 Å². The quantitative estimate of drug-likeness (QED) is 0.564. The molecule has 0 radical (unpaired) electrons. The molecule has 1 atom stereocenters. The van der Waals surface area contributed by atoms with Gasteiger partial charge in [-0.25, -0.2) is 4.79 Å². The molecular formula is C20H18F3N5O4. The number of nitrogens with one attached hydrogen (secondary N) is 2. The number of H-pyrrole nitrogens is 1. The molecule has 168 valence electrons. The summed E-state index contributed by atoms with van der Waals surface area (Å²) < 4.78 is 31.7. The maximum absolute atomic E-state index is 12.5. The van der Waals surface area contributed by atoms with Crippen molar-refractivity contribution in [2.45, 2.75) is 12.6 Å². The van der Waals surface area contributed by atoms with Crippen molar-refractivity contribution in [1.82, 2.24) is 20.1 Å². The van der Waals surface area contributed by atoms with Crippen molar-refractivity contribution in [3.63, 3.8) is 0 Å². The topological polar surface area (TPSA) is 128 Å². The summed E-state index contributed by atoms with van der Waals surface area (Å²) in [6.45, 7) is 1.00. The molecule has 3 aromatic rings. The highest BCUT2D eigenvalue weighted by molar-refractivity contribution is 5.97. The van der Waals surface area contributed by atoms with Crippen molar-refractivity contribution in [2.24, 2.45) is 5.92 Å². The number of rotatable bonds is 3. The molecule has 4 rings (SSSR count). The Labute approximate surface area is 179 Å². The number of fused-ring (bicyclic) bond motifs is 1. The molecule has 1 fully saturated rings. The first-order valence-corrected chi connectivity index (χ1v) is 9.38. The smallest absolute Gasteiger partial charge is 0.475 e. The molecule has 32 heavy (non-hydrogen) atoms. The van der Waals surface area contributed by atoms with E-state index in [0.717, 1.165) is 16.6 Å². The minimum absolute atomic E-state index is 0.0654. The van der Waals surface area contributed by atoms with Crippen LogP contribution in [-0.2, 0) is 9.59 Å². The van der Waals surface area contributed by atoms with Crippen LogP contribution in [0, 0.1) is 5.92 Å². The number of carbonyl (C=O) groups excluding carboxylic acids is 2. The lowest BCUT2D eigenvalue weighted by atomic mass is 10.1. The number of carboxylic acid groups (broad SMARTS) is 1. The van der Waals surface area contributed by atoms with Crippen LogP contribution in [0.3, 0.4) is 0 Å². The van der Waals surface area contributed by atoms with Crippen LogP contribution in [0.4, 0.5) is 18.9 Å². The van der Waals surface area contributed by atoms with Crippen LogP contribution in [-0.4, -0.2) is 62.2 Å². The van der Waals surface area contributed by atoms with Crippen molar-refractivity contribution in [2.75, 3.05) is 18.4 Å². The van der Waals surface area contributed by atoms with Gasteiger partial charge in [0.05, 0.1) is 23.2 Å². The summed E-state index contributed by atoms with van der Waals surface area (Å²) in [6.07, 6.45) is 0.477. The molecule has 0 saturated carbocycles. The van der Waals surface area contributed by atoms with Gasteiger partial charge >= 0.3 is 12.1 Å². The second-order valence-electron chi connectivity index (χ2n) is 6.94. The highest BCUT2D eigenvalue weighted by Gasteiger charge is 2.38. The lowest BCUT2D eigenvalue weighted by Gasteiger charge is -2.16. The third-order valence-corrected chi connectivity index (χ3v) is 4.70.